The summed E-state index contributed by atoms with van der Waals surface area (Å²) >= 11 is 0. The lowest BCUT2D eigenvalue weighted by Crippen LogP contribution is -2.10. The summed E-state index contributed by atoms with van der Waals surface area (Å²) in [4.78, 5) is 4.06. The molecule has 0 atom stereocenters. The standard InChI is InChI=1S/C15H20N4O2/c1-20-13-4-3-11(9-14(13)21-2)5-7-17-12-6-8-18-15(10-12)19-16/h3-4,6,8-10H,5,7,16H2,1-2H3,(H2,17,18,19). The van der Waals surface area contributed by atoms with E-state index in [0.29, 0.717) is 5.82 Å². The number of nitrogens with one attached hydrogen (secondary N) is 2. The summed E-state index contributed by atoms with van der Waals surface area (Å²) in [7, 11) is 3.27. The summed E-state index contributed by atoms with van der Waals surface area (Å²) in [5.41, 5.74) is 4.67. The van der Waals surface area contributed by atoms with Gasteiger partial charge < -0.3 is 20.2 Å². The summed E-state index contributed by atoms with van der Waals surface area (Å²) in [6.07, 6.45) is 2.57. The fourth-order valence-corrected chi connectivity index (χ4v) is 2.01. The van der Waals surface area contributed by atoms with Crippen molar-refractivity contribution >= 4 is 11.5 Å². The van der Waals surface area contributed by atoms with Gasteiger partial charge in [-0.05, 0) is 30.2 Å². The highest BCUT2D eigenvalue weighted by Crippen LogP contribution is 2.27. The highest BCUT2D eigenvalue weighted by molar-refractivity contribution is 5.51. The first-order valence-electron chi connectivity index (χ1n) is 6.64. The topological polar surface area (TPSA) is 81.4 Å². The van der Waals surface area contributed by atoms with Crippen molar-refractivity contribution in [1.29, 1.82) is 0 Å². The van der Waals surface area contributed by atoms with Gasteiger partial charge in [0.1, 0.15) is 5.82 Å². The zero-order chi connectivity index (χ0) is 15.1. The summed E-state index contributed by atoms with van der Waals surface area (Å²) in [5.74, 6) is 7.44. The Labute approximate surface area is 124 Å². The first kappa shape index (κ1) is 14.9. The lowest BCUT2D eigenvalue weighted by atomic mass is 10.1. The van der Waals surface area contributed by atoms with Crippen LogP contribution in [0.25, 0.3) is 0 Å². The van der Waals surface area contributed by atoms with Crippen molar-refractivity contribution in [2.45, 2.75) is 6.42 Å². The predicted molar refractivity (Wildman–Crippen MR) is 83.8 cm³/mol. The Morgan fingerprint density at radius 2 is 1.90 bits per heavy atom. The Kier molecular flexibility index (Phi) is 5.22. The second kappa shape index (κ2) is 7.35. The monoisotopic (exact) mass is 288 g/mol. The molecule has 2 rings (SSSR count). The Balaban J connectivity index is 1.93. The van der Waals surface area contributed by atoms with E-state index in [-0.39, 0.29) is 0 Å². The molecule has 0 fully saturated rings. The third-order valence-corrected chi connectivity index (χ3v) is 3.10. The average molecular weight is 288 g/mol. The number of ether oxygens (including phenoxy) is 2. The third kappa shape index (κ3) is 4.00. The van der Waals surface area contributed by atoms with Gasteiger partial charge in [-0.2, -0.15) is 0 Å². The van der Waals surface area contributed by atoms with Crippen LogP contribution in [0, 0.1) is 0 Å². The maximum Gasteiger partial charge on any atom is 0.160 e. The molecule has 2 aromatic rings. The van der Waals surface area contributed by atoms with Gasteiger partial charge in [0.25, 0.3) is 0 Å². The van der Waals surface area contributed by atoms with Gasteiger partial charge in [-0.25, -0.2) is 10.8 Å². The smallest absolute Gasteiger partial charge is 0.160 e. The molecule has 0 saturated heterocycles. The molecule has 1 aromatic carbocycles. The van der Waals surface area contributed by atoms with E-state index in [9.17, 15) is 0 Å². The largest absolute Gasteiger partial charge is 0.493 e. The van der Waals surface area contributed by atoms with Crippen LogP contribution in [0.2, 0.25) is 0 Å². The number of methoxy groups -OCH3 is 2. The second-order valence-electron chi connectivity index (χ2n) is 4.44. The van der Waals surface area contributed by atoms with Crippen molar-refractivity contribution in [1.82, 2.24) is 4.98 Å². The molecule has 0 bridgehead atoms. The lowest BCUT2D eigenvalue weighted by molar-refractivity contribution is 0.354. The van der Waals surface area contributed by atoms with Crippen LogP contribution in [0.1, 0.15) is 5.56 Å². The molecule has 6 heteroatoms. The molecule has 0 aliphatic carbocycles. The number of nitrogens with zero attached hydrogens (tertiary/aromatic N) is 1. The van der Waals surface area contributed by atoms with Gasteiger partial charge in [0.2, 0.25) is 0 Å². The molecule has 0 saturated carbocycles. The van der Waals surface area contributed by atoms with Crippen LogP contribution in [0.15, 0.2) is 36.5 Å². The van der Waals surface area contributed by atoms with Crippen LogP contribution < -0.4 is 26.1 Å². The summed E-state index contributed by atoms with van der Waals surface area (Å²) < 4.78 is 10.5. The number of nitrogens with two attached hydrogens (primary N) is 1. The number of hydrazine groups is 1. The molecule has 6 nitrogen and oxygen atoms in total. The van der Waals surface area contributed by atoms with Gasteiger partial charge in [0.05, 0.1) is 14.2 Å². The number of aromatic nitrogens is 1. The first-order chi connectivity index (χ1) is 10.3. The molecule has 0 unspecified atom stereocenters. The quantitative estimate of drug-likeness (QED) is 0.534. The average Bonchev–Trinajstić information content (AvgIpc) is 2.55. The zero-order valence-electron chi connectivity index (χ0n) is 12.2. The van der Waals surface area contributed by atoms with Crippen molar-refractivity contribution < 1.29 is 9.47 Å². The van der Waals surface area contributed by atoms with E-state index in [1.807, 2.05) is 30.3 Å². The number of pyridine rings is 1. The van der Waals surface area contributed by atoms with Gasteiger partial charge in [-0.3, -0.25) is 0 Å². The summed E-state index contributed by atoms with van der Waals surface area (Å²) in [6, 6.07) is 9.68. The van der Waals surface area contributed by atoms with E-state index in [4.69, 9.17) is 15.3 Å². The second-order valence-corrected chi connectivity index (χ2v) is 4.44. The normalized spacial score (nSPS) is 10.0. The van der Waals surface area contributed by atoms with Crippen molar-refractivity contribution in [3.05, 3.63) is 42.1 Å². The highest BCUT2D eigenvalue weighted by Gasteiger charge is 2.04. The molecule has 0 radical (unpaired) electrons. The molecule has 1 heterocycles. The van der Waals surface area contributed by atoms with Crippen LogP contribution in [0.4, 0.5) is 11.5 Å². The minimum atomic E-state index is 0.631. The summed E-state index contributed by atoms with van der Waals surface area (Å²) in [5, 5.41) is 3.33. The van der Waals surface area contributed by atoms with Gasteiger partial charge >= 0.3 is 0 Å². The number of hydrogen-bond acceptors (Lipinski definition) is 6. The van der Waals surface area contributed by atoms with Crippen LogP contribution in [0.3, 0.4) is 0 Å². The number of benzene rings is 1. The molecular formula is C15H20N4O2. The van der Waals surface area contributed by atoms with Crippen LogP contribution in [0.5, 0.6) is 11.5 Å². The molecule has 0 aliphatic heterocycles. The van der Waals surface area contributed by atoms with E-state index in [2.05, 4.69) is 15.7 Å². The minimum absolute atomic E-state index is 0.631. The molecule has 1 aromatic heterocycles. The molecule has 21 heavy (non-hydrogen) atoms. The zero-order valence-corrected chi connectivity index (χ0v) is 12.2. The molecule has 0 amide bonds. The Bertz CT molecular complexity index is 590. The SMILES string of the molecule is COc1ccc(CCNc2ccnc(NN)c2)cc1OC. The number of anilines is 2. The van der Waals surface area contributed by atoms with Crippen molar-refractivity contribution in [3.8, 4) is 11.5 Å². The van der Waals surface area contributed by atoms with Crippen LogP contribution >= 0.6 is 0 Å². The molecule has 0 spiro atoms. The van der Waals surface area contributed by atoms with E-state index < -0.39 is 0 Å². The van der Waals surface area contributed by atoms with E-state index in [1.165, 1.54) is 5.56 Å². The van der Waals surface area contributed by atoms with Gasteiger partial charge in [-0.15, -0.1) is 0 Å². The van der Waals surface area contributed by atoms with E-state index >= 15 is 0 Å². The Hall–Kier alpha value is -2.47. The predicted octanol–water partition coefficient (Wildman–Crippen LogP) is 2.04. The third-order valence-electron chi connectivity index (χ3n) is 3.10. The highest BCUT2D eigenvalue weighted by atomic mass is 16.5. The lowest BCUT2D eigenvalue weighted by Gasteiger charge is -2.11. The Morgan fingerprint density at radius 1 is 1.10 bits per heavy atom. The Morgan fingerprint density at radius 3 is 2.62 bits per heavy atom. The van der Waals surface area contributed by atoms with E-state index in [0.717, 1.165) is 30.2 Å². The minimum Gasteiger partial charge on any atom is -0.493 e. The first-order valence-corrected chi connectivity index (χ1v) is 6.64. The molecular weight excluding hydrogens is 268 g/mol. The number of rotatable bonds is 7. The van der Waals surface area contributed by atoms with E-state index in [1.54, 1.807) is 20.4 Å². The molecule has 112 valence electrons. The van der Waals surface area contributed by atoms with Gasteiger partial charge in [0.15, 0.2) is 11.5 Å². The van der Waals surface area contributed by atoms with Gasteiger partial charge in [-0.1, -0.05) is 6.07 Å². The van der Waals surface area contributed by atoms with Crippen LogP contribution in [-0.4, -0.2) is 25.7 Å². The van der Waals surface area contributed by atoms with Crippen molar-refractivity contribution in [2.24, 2.45) is 5.84 Å². The maximum absolute atomic E-state index is 5.33. The maximum atomic E-state index is 5.33. The molecule has 0 aliphatic rings. The molecule has 4 N–H and O–H groups in total. The number of nitrogen functional groups attached to an aromatic ring is 1. The van der Waals surface area contributed by atoms with Gasteiger partial charge in [0, 0.05) is 24.5 Å². The van der Waals surface area contributed by atoms with Crippen molar-refractivity contribution in [2.75, 3.05) is 31.5 Å². The summed E-state index contributed by atoms with van der Waals surface area (Å²) in [6.45, 7) is 0.795. The fourth-order valence-electron chi connectivity index (χ4n) is 2.01. The van der Waals surface area contributed by atoms with Crippen molar-refractivity contribution in [3.63, 3.8) is 0 Å². The van der Waals surface area contributed by atoms with Crippen LogP contribution in [-0.2, 0) is 6.42 Å². The number of hydrogen-bond donors (Lipinski definition) is 3. The fraction of sp³-hybridized carbons (Fsp3) is 0.267.